The van der Waals surface area contributed by atoms with E-state index in [1.165, 1.54) is 0 Å². The first-order valence-electron chi connectivity index (χ1n) is 6.16. The fourth-order valence-electron chi connectivity index (χ4n) is 1.75. The highest BCUT2D eigenvalue weighted by molar-refractivity contribution is 5.56. The van der Waals surface area contributed by atoms with Crippen molar-refractivity contribution in [1.29, 1.82) is 0 Å². The molecule has 0 aliphatic heterocycles. The van der Waals surface area contributed by atoms with E-state index in [4.69, 9.17) is 0 Å². The maximum Gasteiger partial charge on any atom is 0.268 e. The maximum absolute atomic E-state index is 11.0. The third-order valence-corrected chi connectivity index (χ3v) is 2.78. The zero-order chi connectivity index (χ0) is 14.0. The van der Waals surface area contributed by atoms with Crippen molar-refractivity contribution >= 4 is 6.29 Å². The summed E-state index contributed by atoms with van der Waals surface area (Å²) in [7, 11) is 0. The highest BCUT2D eigenvalue weighted by Crippen LogP contribution is 2.19. The van der Waals surface area contributed by atoms with Gasteiger partial charge in [0.15, 0.2) is 0 Å². The third-order valence-electron chi connectivity index (χ3n) is 2.78. The molecule has 0 rings (SSSR count). The van der Waals surface area contributed by atoms with E-state index in [9.17, 15) is 14.9 Å². The molecule has 4 nitrogen and oxygen atoms in total. The van der Waals surface area contributed by atoms with Gasteiger partial charge in [-0.1, -0.05) is 25.5 Å². The first kappa shape index (κ1) is 16.3. The molecule has 0 amide bonds. The Labute approximate surface area is 108 Å². The lowest BCUT2D eigenvalue weighted by Crippen LogP contribution is -2.04. The average Bonchev–Trinajstić information content (AvgIpc) is 2.35. The van der Waals surface area contributed by atoms with E-state index in [0.29, 0.717) is 18.3 Å². The van der Waals surface area contributed by atoms with Crippen LogP contribution in [0.1, 0.15) is 39.5 Å². The molecule has 1 unspecified atom stereocenters. The lowest BCUT2D eigenvalue weighted by Gasteiger charge is -2.08. The summed E-state index contributed by atoms with van der Waals surface area (Å²) in [6.45, 7) is 7.50. The van der Waals surface area contributed by atoms with Gasteiger partial charge in [-0.05, 0) is 31.8 Å². The summed E-state index contributed by atoms with van der Waals surface area (Å²) in [5, 5.41) is 11.0. The molecule has 0 aliphatic rings. The Morgan fingerprint density at radius 2 is 2.17 bits per heavy atom. The van der Waals surface area contributed by atoms with Gasteiger partial charge in [-0.15, -0.1) is 6.58 Å². The van der Waals surface area contributed by atoms with Gasteiger partial charge in [0, 0.05) is 12.0 Å². The number of allylic oxidation sites excluding steroid dienone is 4. The van der Waals surface area contributed by atoms with Gasteiger partial charge in [0.25, 0.3) is 5.70 Å². The van der Waals surface area contributed by atoms with Crippen LogP contribution < -0.4 is 0 Å². The number of hydrogen-bond acceptors (Lipinski definition) is 3. The van der Waals surface area contributed by atoms with E-state index < -0.39 is 4.92 Å². The number of carbonyl (C=O) groups excluding carboxylic acids is 1. The van der Waals surface area contributed by atoms with Crippen LogP contribution >= 0.6 is 0 Å². The van der Waals surface area contributed by atoms with E-state index in [0.717, 1.165) is 12.8 Å². The lowest BCUT2D eigenvalue weighted by atomic mass is 9.98. The van der Waals surface area contributed by atoms with Crippen molar-refractivity contribution in [2.75, 3.05) is 0 Å². The second-order valence-electron chi connectivity index (χ2n) is 4.05. The van der Waals surface area contributed by atoms with Crippen LogP contribution in [0.25, 0.3) is 0 Å². The molecule has 0 radical (unpaired) electrons. The van der Waals surface area contributed by atoms with E-state index in [1.54, 1.807) is 19.1 Å². The number of rotatable bonds is 9. The fourth-order valence-corrected chi connectivity index (χ4v) is 1.75. The molecule has 0 heterocycles. The van der Waals surface area contributed by atoms with Gasteiger partial charge in [0.05, 0.1) is 4.92 Å². The first-order chi connectivity index (χ1) is 8.60. The minimum Gasteiger partial charge on any atom is -0.303 e. The second kappa shape index (κ2) is 9.33. The van der Waals surface area contributed by atoms with Crippen molar-refractivity contribution in [2.45, 2.75) is 39.5 Å². The maximum atomic E-state index is 11.0. The van der Waals surface area contributed by atoms with Gasteiger partial charge >= 0.3 is 0 Å². The molecule has 1 atom stereocenters. The molecule has 0 aliphatic carbocycles. The predicted octanol–water partition coefficient (Wildman–Crippen LogP) is 3.67. The first-order valence-corrected chi connectivity index (χ1v) is 6.16. The molecule has 0 aromatic carbocycles. The molecule has 100 valence electrons. The van der Waals surface area contributed by atoms with Crippen LogP contribution in [0.15, 0.2) is 36.1 Å². The average molecular weight is 251 g/mol. The largest absolute Gasteiger partial charge is 0.303 e. The molecule has 0 aromatic heterocycles. The minimum atomic E-state index is -0.426. The van der Waals surface area contributed by atoms with E-state index in [-0.39, 0.29) is 18.0 Å². The Morgan fingerprint density at radius 3 is 2.56 bits per heavy atom. The van der Waals surface area contributed by atoms with Crippen LogP contribution in [0.4, 0.5) is 0 Å². The van der Waals surface area contributed by atoms with Gasteiger partial charge in [0.1, 0.15) is 6.29 Å². The molecule has 0 saturated heterocycles. The number of hydrogen-bond donors (Lipinski definition) is 0. The van der Waals surface area contributed by atoms with Crippen molar-refractivity contribution in [1.82, 2.24) is 0 Å². The highest BCUT2D eigenvalue weighted by atomic mass is 16.6. The topological polar surface area (TPSA) is 60.2 Å². The Morgan fingerprint density at radius 1 is 1.50 bits per heavy atom. The molecule has 0 bridgehead atoms. The molecular formula is C14H21NO3. The predicted molar refractivity (Wildman–Crippen MR) is 72.7 cm³/mol. The number of nitro groups is 1. The highest BCUT2D eigenvalue weighted by Gasteiger charge is 2.16. The Hall–Kier alpha value is -1.71. The summed E-state index contributed by atoms with van der Waals surface area (Å²) in [5.41, 5.74) is 0.502. The van der Waals surface area contributed by atoms with Crippen LogP contribution in [0.2, 0.25) is 0 Å². The fraction of sp³-hybridized carbons (Fsp3) is 0.500. The number of nitrogens with zero attached hydrogens (tertiary/aromatic N) is 1. The minimum absolute atomic E-state index is 0.0348. The van der Waals surface area contributed by atoms with Crippen LogP contribution in [0.5, 0.6) is 0 Å². The van der Waals surface area contributed by atoms with Crippen LogP contribution in [-0.2, 0) is 4.79 Å². The summed E-state index contributed by atoms with van der Waals surface area (Å²) in [4.78, 5) is 21.1. The Kier molecular flexibility index (Phi) is 8.45. The standard InChI is InChI=1S/C14H21NO3/c1-4-7-12(5-2)8-9-14(15(17)18)13(6-3)10-11-16/h5-6,9,11-12H,2,4,7-8,10H2,1,3H3/b13-6-,14-9+. The summed E-state index contributed by atoms with van der Waals surface area (Å²) in [6.07, 6.45) is 8.37. The number of carbonyl (C=O) groups is 1. The van der Waals surface area contributed by atoms with E-state index in [1.807, 2.05) is 6.08 Å². The molecule has 0 fully saturated rings. The SMILES string of the molecule is C=CC(C/C=C(\C(=C/C)CC=O)[N+](=O)[O-])CCC. The van der Waals surface area contributed by atoms with Crippen LogP contribution in [-0.4, -0.2) is 11.2 Å². The van der Waals surface area contributed by atoms with E-state index >= 15 is 0 Å². The van der Waals surface area contributed by atoms with Crippen LogP contribution in [0.3, 0.4) is 0 Å². The summed E-state index contributed by atoms with van der Waals surface area (Å²) in [6, 6.07) is 0. The summed E-state index contributed by atoms with van der Waals surface area (Å²) < 4.78 is 0. The lowest BCUT2D eigenvalue weighted by molar-refractivity contribution is -0.421. The normalized spacial score (nSPS) is 14.1. The Balaban J connectivity index is 4.93. The van der Waals surface area contributed by atoms with Gasteiger partial charge in [-0.25, -0.2) is 0 Å². The van der Waals surface area contributed by atoms with Gasteiger partial charge in [0.2, 0.25) is 0 Å². The molecule has 0 aromatic rings. The summed E-state index contributed by atoms with van der Waals surface area (Å²) in [5.74, 6) is 0.249. The molecule has 0 N–H and O–H groups in total. The van der Waals surface area contributed by atoms with Crippen LogP contribution in [0, 0.1) is 16.0 Å². The van der Waals surface area contributed by atoms with Gasteiger partial charge < -0.3 is 4.79 Å². The Bertz CT molecular complexity index is 356. The van der Waals surface area contributed by atoms with Crippen molar-refractivity contribution in [3.63, 3.8) is 0 Å². The van der Waals surface area contributed by atoms with Crippen molar-refractivity contribution in [3.05, 3.63) is 46.2 Å². The zero-order valence-corrected chi connectivity index (χ0v) is 11.1. The van der Waals surface area contributed by atoms with Gasteiger partial charge in [-0.2, -0.15) is 0 Å². The molecule has 0 spiro atoms. The summed E-state index contributed by atoms with van der Waals surface area (Å²) >= 11 is 0. The monoisotopic (exact) mass is 251 g/mol. The van der Waals surface area contributed by atoms with E-state index in [2.05, 4.69) is 13.5 Å². The van der Waals surface area contributed by atoms with Crippen molar-refractivity contribution in [2.24, 2.45) is 5.92 Å². The zero-order valence-electron chi connectivity index (χ0n) is 11.1. The van der Waals surface area contributed by atoms with Crippen molar-refractivity contribution < 1.29 is 9.72 Å². The van der Waals surface area contributed by atoms with Crippen molar-refractivity contribution in [3.8, 4) is 0 Å². The quantitative estimate of drug-likeness (QED) is 0.206. The van der Waals surface area contributed by atoms with Gasteiger partial charge in [-0.3, -0.25) is 10.1 Å². The smallest absolute Gasteiger partial charge is 0.268 e. The molecule has 0 saturated carbocycles. The molecule has 4 heteroatoms. The molecular weight excluding hydrogens is 230 g/mol. The second-order valence-corrected chi connectivity index (χ2v) is 4.05. The number of aldehydes is 1. The molecule has 18 heavy (non-hydrogen) atoms. The third kappa shape index (κ3) is 5.57.